The summed E-state index contributed by atoms with van der Waals surface area (Å²) >= 11 is 0. The largest absolute Gasteiger partial charge is 0.350 e. The molecule has 5 nitrogen and oxygen atoms in total. The Labute approximate surface area is 117 Å². The number of rotatable bonds is 4. The van der Waals surface area contributed by atoms with E-state index in [1.165, 1.54) is 5.56 Å². The lowest BCUT2D eigenvalue weighted by Crippen LogP contribution is -2.03. The second-order valence-electron chi connectivity index (χ2n) is 4.60. The highest BCUT2D eigenvalue weighted by molar-refractivity contribution is 5.58. The maximum absolute atomic E-state index is 4.22. The number of nitrogens with one attached hydrogen (secondary N) is 2. The number of aromatic nitrogens is 4. The van der Waals surface area contributed by atoms with Crippen molar-refractivity contribution in [1.82, 2.24) is 20.2 Å². The maximum atomic E-state index is 4.22. The zero-order valence-corrected chi connectivity index (χ0v) is 11.2. The average Bonchev–Trinajstić information content (AvgIpc) is 3.01. The number of anilines is 1. The molecule has 3 rings (SSSR count). The first-order chi connectivity index (χ1) is 9.81. The van der Waals surface area contributed by atoms with Crippen LogP contribution in [0.25, 0.3) is 11.3 Å². The Morgan fingerprint density at radius 1 is 1.05 bits per heavy atom. The summed E-state index contributed by atoms with van der Waals surface area (Å²) in [5.41, 5.74) is 4.38. The van der Waals surface area contributed by atoms with Gasteiger partial charge in [0.25, 0.3) is 0 Å². The molecule has 20 heavy (non-hydrogen) atoms. The van der Waals surface area contributed by atoms with Gasteiger partial charge in [-0.25, -0.2) is 9.97 Å². The molecule has 1 aromatic carbocycles. The van der Waals surface area contributed by atoms with Gasteiger partial charge in [-0.3, -0.25) is 5.10 Å². The van der Waals surface area contributed by atoms with E-state index in [1.807, 2.05) is 13.0 Å². The van der Waals surface area contributed by atoms with Gasteiger partial charge in [0.15, 0.2) is 0 Å². The Morgan fingerprint density at radius 2 is 1.80 bits per heavy atom. The van der Waals surface area contributed by atoms with E-state index in [2.05, 4.69) is 49.7 Å². The first-order valence-corrected chi connectivity index (χ1v) is 6.42. The Morgan fingerprint density at radius 3 is 2.45 bits per heavy atom. The summed E-state index contributed by atoms with van der Waals surface area (Å²) in [6.45, 7) is 2.67. The van der Waals surface area contributed by atoms with Crippen LogP contribution in [0.4, 0.5) is 5.95 Å². The fraction of sp³-hybridized carbons (Fsp3) is 0.133. The Kier molecular flexibility index (Phi) is 3.41. The quantitative estimate of drug-likeness (QED) is 0.761. The SMILES string of the molecule is Cc1cnc(NCc2ccc(-c3ccn[nH]3)cc2)nc1. The van der Waals surface area contributed by atoms with E-state index in [-0.39, 0.29) is 0 Å². The molecule has 0 amide bonds. The van der Waals surface area contributed by atoms with Crippen molar-refractivity contribution < 1.29 is 0 Å². The van der Waals surface area contributed by atoms with Crippen LogP contribution in [-0.4, -0.2) is 20.2 Å². The number of nitrogens with zero attached hydrogens (tertiary/aromatic N) is 3. The van der Waals surface area contributed by atoms with Gasteiger partial charge in [-0.1, -0.05) is 24.3 Å². The summed E-state index contributed by atoms with van der Waals surface area (Å²) in [5, 5.41) is 10.1. The van der Waals surface area contributed by atoms with E-state index >= 15 is 0 Å². The van der Waals surface area contributed by atoms with Crippen LogP contribution in [-0.2, 0) is 6.54 Å². The first-order valence-electron chi connectivity index (χ1n) is 6.42. The fourth-order valence-corrected chi connectivity index (χ4v) is 1.88. The summed E-state index contributed by atoms with van der Waals surface area (Å²) in [6.07, 6.45) is 5.35. The van der Waals surface area contributed by atoms with Crippen LogP contribution in [0.1, 0.15) is 11.1 Å². The van der Waals surface area contributed by atoms with Crippen LogP contribution in [0.3, 0.4) is 0 Å². The van der Waals surface area contributed by atoms with Crippen molar-refractivity contribution in [3.05, 3.63) is 60.0 Å². The molecule has 2 aromatic heterocycles. The zero-order valence-electron chi connectivity index (χ0n) is 11.2. The van der Waals surface area contributed by atoms with Crippen LogP contribution in [0.5, 0.6) is 0 Å². The van der Waals surface area contributed by atoms with E-state index in [0.717, 1.165) is 16.8 Å². The molecular formula is C15H15N5. The normalized spacial score (nSPS) is 10.4. The molecule has 0 radical (unpaired) electrons. The van der Waals surface area contributed by atoms with Crippen molar-refractivity contribution in [2.24, 2.45) is 0 Å². The lowest BCUT2D eigenvalue weighted by molar-refractivity contribution is 1.04. The molecule has 100 valence electrons. The van der Waals surface area contributed by atoms with Gasteiger partial charge in [0.05, 0.1) is 5.69 Å². The summed E-state index contributed by atoms with van der Waals surface area (Å²) in [4.78, 5) is 8.43. The lowest BCUT2D eigenvalue weighted by atomic mass is 10.1. The number of hydrogen-bond donors (Lipinski definition) is 2. The highest BCUT2D eigenvalue weighted by atomic mass is 15.1. The third kappa shape index (κ3) is 2.83. The lowest BCUT2D eigenvalue weighted by Gasteiger charge is -2.05. The highest BCUT2D eigenvalue weighted by Gasteiger charge is 2.00. The van der Waals surface area contributed by atoms with E-state index < -0.39 is 0 Å². The smallest absolute Gasteiger partial charge is 0.222 e. The van der Waals surface area contributed by atoms with Gasteiger partial charge < -0.3 is 5.32 Å². The van der Waals surface area contributed by atoms with Gasteiger partial charge in [0, 0.05) is 25.1 Å². The molecule has 5 heteroatoms. The Bertz CT molecular complexity index is 656. The number of aryl methyl sites for hydroxylation is 1. The molecule has 0 bridgehead atoms. The monoisotopic (exact) mass is 265 g/mol. The molecule has 0 atom stereocenters. The van der Waals surface area contributed by atoms with Gasteiger partial charge >= 0.3 is 0 Å². The molecule has 0 saturated heterocycles. The van der Waals surface area contributed by atoms with E-state index in [9.17, 15) is 0 Å². The standard InChI is InChI=1S/C15H15N5/c1-11-8-16-15(17-9-11)18-10-12-2-4-13(5-3-12)14-6-7-19-20-14/h2-9H,10H2,1H3,(H,19,20)(H,16,17,18). The molecule has 0 unspecified atom stereocenters. The van der Waals surface area contributed by atoms with Crippen molar-refractivity contribution in [3.8, 4) is 11.3 Å². The van der Waals surface area contributed by atoms with Crippen LogP contribution < -0.4 is 5.32 Å². The minimum Gasteiger partial charge on any atom is -0.350 e. The second-order valence-corrected chi connectivity index (χ2v) is 4.60. The van der Waals surface area contributed by atoms with E-state index in [0.29, 0.717) is 12.5 Å². The van der Waals surface area contributed by atoms with Crippen LogP contribution in [0, 0.1) is 6.92 Å². The topological polar surface area (TPSA) is 66.5 Å². The van der Waals surface area contributed by atoms with Crippen LogP contribution in [0.15, 0.2) is 48.9 Å². The van der Waals surface area contributed by atoms with Gasteiger partial charge in [-0.05, 0) is 29.7 Å². The highest BCUT2D eigenvalue weighted by Crippen LogP contribution is 2.16. The van der Waals surface area contributed by atoms with Gasteiger partial charge in [-0.2, -0.15) is 5.10 Å². The molecular weight excluding hydrogens is 250 g/mol. The van der Waals surface area contributed by atoms with Crippen LogP contribution in [0.2, 0.25) is 0 Å². The molecule has 0 saturated carbocycles. The van der Waals surface area contributed by atoms with E-state index in [4.69, 9.17) is 0 Å². The number of aromatic amines is 1. The second kappa shape index (κ2) is 5.52. The Balaban J connectivity index is 1.65. The molecule has 3 aromatic rings. The minimum atomic E-state index is 0.647. The molecule has 0 aliphatic carbocycles. The third-order valence-electron chi connectivity index (χ3n) is 3.00. The molecule has 0 aliphatic rings. The van der Waals surface area contributed by atoms with Crippen LogP contribution >= 0.6 is 0 Å². The Hall–Kier alpha value is -2.69. The third-order valence-corrected chi connectivity index (χ3v) is 3.00. The van der Waals surface area contributed by atoms with Gasteiger partial charge in [0.1, 0.15) is 0 Å². The molecule has 0 fully saturated rings. The molecule has 2 N–H and O–H groups in total. The zero-order chi connectivity index (χ0) is 13.8. The van der Waals surface area contributed by atoms with Crippen molar-refractivity contribution in [3.63, 3.8) is 0 Å². The van der Waals surface area contributed by atoms with Gasteiger partial charge in [-0.15, -0.1) is 0 Å². The minimum absolute atomic E-state index is 0.647. The van der Waals surface area contributed by atoms with Crippen molar-refractivity contribution >= 4 is 5.95 Å². The predicted molar refractivity (Wildman–Crippen MR) is 78.1 cm³/mol. The average molecular weight is 265 g/mol. The number of H-pyrrole nitrogens is 1. The van der Waals surface area contributed by atoms with Crippen molar-refractivity contribution in [2.45, 2.75) is 13.5 Å². The summed E-state index contributed by atoms with van der Waals surface area (Å²) in [5.74, 6) is 0.647. The summed E-state index contributed by atoms with van der Waals surface area (Å²) < 4.78 is 0. The number of hydrogen-bond acceptors (Lipinski definition) is 4. The van der Waals surface area contributed by atoms with Crippen molar-refractivity contribution in [2.75, 3.05) is 5.32 Å². The van der Waals surface area contributed by atoms with Crippen molar-refractivity contribution in [1.29, 1.82) is 0 Å². The van der Waals surface area contributed by atoms with Gasteiger partial charge in [0.2, 0.25) is 5.95 Å². The molecule has 0 aliphatic heterocycles. The molecule has 2 heterocycles. The molecule has 0 spiro atoms. The predicted octanol–water partition coefficient (Wildman–Crippen LogP) is 2.79. The fourth-order valence-electron chi connectivity index (χ4n) is 1.88. The summed E-state index contributed by atoms with van der Waals surface area (Å²) in [7, 11) is 0. The first kappa shape index (κ1) is 12.3. The summed E-state index contributed by atoms with van der Waals surface area (Å²) in [6, 6.07) is 10.3. The number of benzene rings is 1. The maximum Gasteiger partial charge on any atom is 0.222 e. The van der Waals surface area contributed by atoms with E-state index in [1.54, 1.807) is 18.6 Å².